The van der Waals surface area contributed by atoms with E-state index < -0.39 is 0 Å². The number of imidazole rings is 1. The van der Waals surface area contributed by atoms with E-state index in [0.29, 0.717) is 6.61 Å². The van der Waals surface area contributed by atoms with Crippen molar-refractivity contribution >= 4 is 0 Å². The number of rotatable bonds is 4. The van der Waals surface area contributed by atoms with E-state index in [0.717, 1.165) is 33.8 Å². The minimum atomic E-state index is 0.423. The van der Waals surface area contributed by atoms with Crippen LogP contribution in [0.3, 0.4) is 0 Å². The molecule has 2 aromatic heterocycles. The third-order valence-corrected chi connectivity index (χ3v) is 3.27. The van der Waals surface area contributed by atoms with Gasteiger partial charge in [0, 0.05) is 29.2 Å². The lowest BCUT2D eigenvalue weighted by Gasteiger charge is -2.13. The molecule has 5 heteroatoms. The molecule has 0 amide bonds. The Morgan fingerprint density at radius 3 is 2.81 bits per heavy atom. The van der Waals surface area contributed by atoms with Gasteiger partial charge in [-0.1, -0.05) is 12.1 Å². The summed E-state index contributed by atoms with van der Waals surface area (Å²) in [4.78, 5) is 15.4. The number of nitrogens with one attached hydrogen (secondary N) is 1. The van der Waals surface area contributed by atoms with Crippen LogP contribution < -0.4 is 4.74 Å². The Kier molecular flexibility index (Phi) is 3.64. The van der Waals surface area contributed by atoms with Gasteiger partial charge in [-0.25, -0.2) is 15.0 Å². The van der Waals surface area contributed by atoms with E-state index in [2.05, 4.69) is 26.0 Å². The van der Waals surface area contributed by atoms with Gasteiger partial charge in [0.05, 0.1) is 12.0 Å². The van der Waals surface area contributed by atoms with Crippen molar-refractivity contribution in [2.75, 3.05) is 0 Å². The highest BCUT2D eigenvalue weighted by atomic mass is 16.5. The Morgan fingerprint density at radius 2 is 2.05 bits per heavy atom. The first-order valence-electron chi connectivity index (χ1n) is 6.72. The van der Waals surface area contributed by atoms with Crippen LogP contribution in [0.25, 0.3) is 11.1 Å². The third-order valence-electron chi connectivity index (χ3n) is 3.27. The Morgan fingerprint density at radius 1 is 1.14 bits per heavy atom. The van der Waals surface area contributed by atoms with Crippen molar-refractivity contribution in [2.45, 2.75) is 20.5 Å². The van der Waals surface area contributed by atoms with Crippen molar-refractivity contribution in [1.29, 1.82) is 0 Å². The molecule has 0 aliphatic carbocycles. The number of hydrogen-bond donors (Lipinski definition) is 1. The summed E-state index contributed by atoms with van der Waals surface area (Å²) in [5.41, 5.74) is 4.91. The molecule has 3 aromatic rings. The van der Waals surface area contributed by atoms with Crippen molar-refractivity contribution in [2.24, 2.45) is 0 Å². The van der Waals surface area contributed by atoms with E-state index >= 15 is 0 Å². The number of hydrogen-bond acceptors (Lipinski definition) is 4. The summed E-state index contributed by atoms with van der Waals surface area (Å²) in [7, 11) is 0. The van der Waals surface area contributed by atoms with Crippen molar-refractivity contribution in [3.63, 3.8) is 0 Å². The maximum absolute atomic E-state index is 5.93. The summed E-state index contributed by atoms with van der Waals surface area (Å²) < 4.78 is 5.93. The fourth-order valence-electron chi connectivity index (χ4n) is 2.15. The van der Waals surface area contributed by atoms with Crippen LogP contribution in [0.4, 0.5) is 0 Å². The maximum atomic E-state index is 5.93. The van der Waals surface area contributed by atoms with Gasteiger partial charge >= 0.3 is 0 Å². The Balaban J connectivity index is 1.95. The summed E-state index contributed by atoms with van der Waals surface area (Å²) in [6.45, 7) is 4.43. The standard InChI is InChI=1S/C16H16N4O/c1-11-3-4-14(15-7-18-9-19-12(15)2)16(5-11)21-8-13-6-17-10-20-13/h3-7,9-10H,8H2,1-2H3,(H,17,20). The monoisotopic (exact) mass is 280 g/mol. The molecule has 1 aromatic carbocycles. The Hall–Kier alpha value is -2.69. The zero-order valence-electron chi connectivity index (χ0n) is 12.0. The SMILES string of the molecule is Cc1ccc(-c2cncnc2C)c(OCc2c[nH]cn2)c1. The van der Waals surface area contributed by atoms with E-state index in [4.69, 9.17) is 4.74 Å². The molecule has 0 aliphatic rings. The zero-order chi connectivity index (χ0) is 14.7. The highest BCUT2D eigenvalue weighted by molar-refractivity contribution is 5.71. The van der Waals surface area contributed by atoms with Crippen LogP contribution in [0, 0.1) is 13.8 Å². The molecule has 3 rings (SSSR count). The molecular formula is C16H16N4O. The lowest BCUT2D eigenvalue weighted by Crippen LogP contribution is -1.99. The largest absolute Gasteiger partial charge is 0.487 e. The molecule has 5 nitrogen and oxygen atoms in total. The molecule has 0 radical (unpaired) electrons. The van der Waals surface area contributed by atoms with Crippen LogP contribution in [0.15, 0.2) is 43.2 Å². The van der Waals surface area contributed by atoms with Crippen LogP contribution >= 0.6 is 0 Å². The molecule has 0 bridgehead atoms. The van der Waals surface area contributed by atoms with Crippen molar-refractivity contribution in [3.8, 4) is 16.9 Å². The lowest BCUT2D eigenvalue weighted by atomic mass is 10.0. The lowest BCUT2D eigenvalue weighted by molar-refractivity contribution is 0.303. The van der Waals surface area contributed by atoms with E-state index in [9.17, 15) is 0 Å². The quantitative estimate of drug-likeness (QED) is 0.797. The predicted octanol–water partition coefficient (Wildman–Crippen LogP) is 3.06. The molecular weight excluding hydrogens is 264 g/mol. The van der Waals surface area contributed by atoms with Gasteiger partial charge in [-0.2, -0.15) is 0 Å². The molecule has 0 atom stereocenters. The van der Waals surface area contributed by atoms with Gasteiger partial charge < -0.3 is 9.72 Å². The second-order valence-corrected chi connectivity index (χ2v) is 4.87. The minimum Gasteiger partial charge on any atom is -0.487 e. The molecule has 0 aliphatic heterocycles. The van der Waals surface area contributed by atoms with Crippen LogP contribution in [-0.4, -0.2) is 19.9 Å². The van der Waals surface area contributed by atoms with Gasteiger partial charge in [-0.3, -0.25) is 0 Å². The fourth-order valence-corrected chi connectivity index (χ4v) is 2.15. The molecule has 0 saturated carbocycles. The average molecular weight is 280 g/mol. The van der Waals surface area contributed by atoms with Crippen LogP contribution in [0.2, 0.25) is 0 Å². The second kappa shape index (κ2) is 5.75. The topological polar surface area (TPSA) is 63.7 Å². The Labute approximate surface area is 123 Å². The van der Waals surface area contributed by atoms with Crippen LogP contribution in [0.5, 0.6) is 5.75 Å². The number of H-pyrrole nitrogens is 1. The normalized spacial score (nSPS) is 10.6. The van der Waals surface area contributed by atoms with E-state index in [1.165, 1.54) is 0 Å². The number of benzene rings is 1. The Bertz CT molecular complexity index is 738. The second-order valence-electron chi connectivity index (χ2n) is 4.87. The van der Waals surface area contributed by atoms with E-state index in [1.54, 1.807) is 12.7 Å². The predicted molar refractivity (Wildman–Crippen MR) is 79.9 cm³/mol. The number of aryl methyl sites for hydroxylation is 2. The molecule has 2 heterocycles. The fraction of sp³-hybridized carbons (Fsp3) is 0.188. The summed E-state index contributed by atoms with van der Waals surface area (Å²) >= 11 is 0. The van der Waals surface area contributed by atoms with Crippen molar-refractivity contribution in [3.05, 3.63) is 60.2 Å². The first-order chi connectivity index (χ1) is 10.2. The zero-order valence-corrected chi connectivity index (χ0v) is 12.0. The first-order valence-corrected chi connectivity index (χ1v) is 6.72. The molecule has 106 valence electrons. The van der Waals surface area contributed by atoms with Crippen molar-refractivity contribution < 1.29 is 4.74 Å². The molecule has 0 fully saturated rings. The van der Waals surface area contributed by atoms with E-state index in [-0.39, 0.29) is 0 Å². The smallest absolute Gasteiger partial charge is 0.132 e. The third kappa shape index (κ3) is 2.91. The molecule has 0 saturated heterocycles. The molecule has 1 N–H and O–H groups in total. The maximum Gasteiger partial charge on any atom is 0.132 e. The molecule has 21 heavy (non-hydrogen) atoms. The number of aromatic amines is 1. The number of ether oxygens (including phenoxy) is 1. The summed E-state index contributed by atoms with van der Waals surface area (Å²) in [6, 6.07) is 6.12. The van der Waals surface area contributed by atoms with Crippen molar-refractivity contribution in [1.82, 2.24) is 19.9 Å². The van der Waals surface area contributed by atoms with Crippen LogP contribution in [0.1, 0.15) is 17.0 Å². The van der Waals surface area contributed by atoms with Gasteiger partial charge in [0.25, 0.3) is 0 Å². The number of nitrogens with zero attached hydrogens (tertiary/aromatic N) is 3. The van der Waals surface area contributed by atoms with Gasteiger partial charge in [-0.05, 0) is 25.5 Å². The summed E-state index contributed by atoms with van der Waals surface area (Å²) in [5.74, 6) is 0.816. The van der Waals surface area contributed by atoms with Crippen LogP contribution in [-0.2, 0) is 6.61 Å². The summed E-state index contributed by atoms with van der Waals surface area (Å²) in [6.07, 6.45) is 6.84. The van der Waals surface area contributed by atoms with Gasteiger partial charge in [-0.15, -0.1) is 0 Å². The summed E-state index contributed by atoms with van der Waals surface area (Å²) in [5, 5.41) is 0. The molecule has 0 spiro atoms. The first kappa shape index (κ1) is 13.3. The van der Waals surface area contributed by atoms with Gasteiger partial charge in [0.1, 0.15) is 18.7 Å². The van der Waals surface area contributed by atoms with E-state index in [1.807, 2.05) is 38.4 Å². The molecule has 0 unspecified atom stereocenters. The minimum absolute atomic E-state index is 0.423. The number of aromatic nitrogens is 4. The van der Waals surface area contributed by atoms with Gasteiger partial charge in [0.2, 0.25) is 0 Å². The highest BCUT2D eigenvalue weighted by Gasteiger charge is 2.10. The highest BCUT2D eigenvalue weighted by Crippen LogP contribution is 2.32. The average Bonchev–Trinajstić information content (AvgIpc) is 3.00. The van der Waals surface area contributed by atoms with Gasteiger partial charge in [0.15, 0.2) is 0 Å².